The van der Waals surface area contributed by atoms with Crippen LogP contribution >= 0.6 is 0 Å². The van der Waals surface area contributed by atoms with E-state index in [4.69, 9.17) is 9.47 Å². The molecule has 0 radical (unpaired) electrons. The lowest BCUT2D eigenvalue weighted by atomic mass is 10.1. The molecule has 9 nitrogen and oxygen atoms in total. The minimum atomic E-state index is -3.72. The van der Waals surface area contributed by atoms with Crippen molar-refractivity contribution in [2.75, 3.05) is 58.4 Å². The first-order valence-corrected chi connectivity index (χ1v) is 12.0. The van der Waals surface area contributed by atoms with Crippen molar-refractivity contribution in [3.63, 3.8) is 0 Å². The van der Waals surface area contributed by atoms with E-state index in [1.165, 1.54) is 26.2 Å². The van der Waals surface area contributed by atoms with E-state index in [1.807, 2.05) is 6.92 Å². The number of hydrogen-bond donors (Lipinski definition) is 0. The third kappa shape index (κ3) is 5.55. The van der Waals surface area contributed by atoms with E-state index in [-0.39, 0.29) is 22.5 Å². The van der Waals surface area contributed by atoms with Gasteiger partial charge in [0, 0.05) is 40.3 Å². The number of piperidine rings is 1. The highest BCUT2D eigenvalue weighted by atomic mass is 32.2. The number of carbonyl (C=O) groups excluding carboxylic acids is 2. The molecule has 10 heteroatoms. The van der Waals surface area contributed by atoms with Crippen LogP contribution in [0.4, 0.5) is 5.69 Å². The Morgan fingerprint density at radius 2 is 1.87 bits per heavy atom. The molecule has 0 aliphatic carbocycles. The largest absolute Gasteiger partial charge is 0.452 e. The van der Waals surface area contributed by atoms with Crippen molar-refractivity contribution in [1.82, 2.24) is 9.21 Å². The van der Waals surface area contributed by atoms with Crippen molar-refractivity contribution in [3.05, 3.63) is 23.8 Å². The van der Waals surface area contributed by atoms with E-state index in [2.05, 4.69) is 4.90 Å². The highest BCUT2D eigenvalue weighted by Crippen LogP contribution is 2.28. The number of ether oxygens (including phenoxy) is 2. The fraction of sp³-hybridized carbons (Fsp3) is 0.619. The number of esters is 1. The van der Waals surface area contributed by atoms with E-state index in [0.717, 1.165) is 36.7 Å². The molecule has 1 atom stereocenters. The molecule has 1 aromatic rings. The van der Waals surface area contributed by atoms with Crippen molar-refractivity contribution >= 4 is 27.6 Å². The molecule has 2 aliphatic rings. The van der Waals surface area contributed by atoms with Crippen LogP contribution in [0.3, 0.4) is 0 Å². The lowest BCUT2D eigenvalue weighted by molar-refractivity contribution is -0.141. The molecular formula is C21H31N3O6S. The summed E-state index contributed by atoms with van der Waals surface area (Å²) in [5.41, 5.74) is 0.794. The van der Waals surface area contributed by atoms with Crippen LogP contribution in [0.2, 0.25) is 0 Å². The summed E-state index contributed by atoms with van der Waals surface area (Å²) in [6.07, 6.45) is 3.06. The summed E-state index contributed by atoms with van der Waals surface area (Å²) in [5, 5.41) is 0. The van der Waals surface area contributed by atoms with Crippen LogP contribution in [-0.4, -0.2) is 89.1 Å². The van der Waals surface area contributed by atoms with Crippen LogP contribution in [0.25, 0.3) is 0 Å². The number of sulfonamides is 1. The van der Waals surface area contributed by atoms with Gasteiger partial charge < -0.3 is 19.3 Å². The van der Waals surface area contributed by atoms with Gasteiger partial charge in [0.2, 0.25) is 10.0 Å². The molecular weight excluding hydrogens is 422 g/mol. The second-order valence-corrected chi connectivity index (χ2v) is 10.3. The maximum absolute atomic E-state index is 13.0. The Hall–Kier alpha value is -2.17. The van der Waals surface area contributed by atoms with Crippen LogP contribution < -0.4 is 4.90 Å². The average Bonchev–Trinajstić information content (AvgIpc) is 2.77. The summed E-state index contributed by atoms with van der Waals surface area (Å²) < 4.78 is 37.0. The van der Waals surface area contributed by atoms with Crippen molar-refractivity contribution in [1.29, 1.82) is 0 Å². The molecule has 2 fully saturated rings. The zero-order valence-electron chi connectivity index (χ0n) is 18.4. The summed E-state index contributed by atoms with van der Waals surface area (Å²) >= 11 is 0. The second kappa shape index (κ2) is 9.97. The highest BCUT2D eigenvalue weighted by Gasteiger charge is 2.27. The number of amides is 1. The summed E-state index contributed by atoms with van der Waals surface area (Å²) in [7, 11) is -0.840. The van der Waals surface area contributed by atoms with Crippen molar-refractivity contribution in [2.24, 2.45) is 0 Å². The Morgan fingerprint density at radius 3 is 2.52 bits per heavy atom. The summed E-state index contributed by atoms with van der Waals surface area (Å²) in [6.45, 7) is 4.41. The Labute approximate surface area is 183 Å². The van der Waals surface area contributed by atoms with Gasteiger partial charge in [-0.25, -0.2) is 17.5 Å². The topological polar surface area (TPSA) is 96.5 Å². The molecule has 3 rings (SSSR count). The Bertz CT molecular complexity index is 912. The van der Waals surface area contributed by atoms with Gasteiger partial charge in [0.25, 0.3) is 5.91 Å². The van der Waals surface area contributed by atoms with E-state index in [9.17, 15) is 18.0 Å². The molecule has 1 unspecified atom stereocenters. The average molecular weight is 454 g/mol. The molecule has 172 valence electrons. The maximum Gasteiger partial charge on any atom is 0.340 e. The van der Waals surface area contributed by atoms with Gasteiger partial charge in [0.05, 0.1) is 28.9 Å². The standard InChI is InChI=1S/C21H31N3O6S/c1-16-14-24(11-12-29-16)20(25)15-30-21(26)18-13-17(31(27,28)22(2)3)7-8-19(18)23-9-5-4-6-10-23/h7-8,13,16H,4-6,9-12,14-15H2,1-3H3. The fourth-order valence-electron chi connectivity index (χ4n) is 3.80. The van der Waals surface area contributed by atoms with Gasteiger partial charge in [-0.2, -0.15) is 0 Å². The monoisotopic (exact) mass is 453 g/mol. The van der Waals surface area contributed by atoms with E-state index in [0.29, 0.717) is 25.4 Å². The van der Waals surface area contributed by atoms with Crippen molar-refractivity contribution < 1.29 is 27.5 Å². The molecule has 0 bridgehead atoms. The first kappa shape index (κ1) is 23.5. The van der Waals surface area contributed by atoms with Crippen LogP contribution in [0, 0.1) is 0 Å². The maximum atomic E-state index is 13.0. The molecule has 2 saturated heterocycles. The molecule has 1 amide bonds. The number of anilines is 1. The number of rotatable bonds is 6. The number of carbonyl (C=O) groups is 2. The molecule has 1 aromatic carbocycles. The van der Waals surface area contributed by atoms with Gasteiger partial charge in [0.1, 0.15) is 0 Å². The minimum absolute atomic E-state index is 0.0125. The normalized spacial score (nSPS) is 20.1. The smallest absolute Gasteiger partial charge is 0.340 e. The van der Waals surface area contributed by atoms with E-state index < -0.39 is 22.6 Å². The molecule has 0 aromatic heterocycles. The SMILES string of the molecule is CC1CN(C(=O)COC(=O)c2cc(S(=O)(=O)N(C)C)ccc2N2CCCCC2)CCO1. The van der Waals surface area contributed by atoms with Crippen LogP contribution in [-0.2, 0) is 24.3 Å². The van der Waals surface area contributed by atoms with E-state index >= 15 is 0 Å². The van der Waals surface area contributed by atoms with Gasteiger partial charge in [-0.1, -0.05) is 0 Å². The van der Waals surface area contributed by atoms with Crippen molar-refractivity contribution in [3.8, 4) is 0 Å². The van der Waals surface area contributed by atoms with E-state index in [1.54, 1.807) is 11.0 Å². The molecule has 2 aliphatic heterocycles. The van der Waals surface area contributed by atoms with Gasteiger partial charge in [-0.3, -0.25) is 4.79 Å². The lowest BCUT2D eigenvalue weighted by Crippen LogP contribution is -2.46. The van der Waals surface area contributed by atoms with Crippen molar-refractivity contribution in [2.45, 2.75) is 37.2 Å². The first-order chi connectivity index (χ1) is 14.7. The zero-order valence-corrected chi connectivity index (χ0v) is 19.2. The molecule has 0 saturated carbocycles. The predicted molar refractivity (Wildman–Crippen MR) is 116 cm³/mol. The van der Waals surface area contributed by atoms with Crippen LogP contribution in [0.15, 0.2) is 23.1 Å². The highest BCUT2D eigenvalue weighted by molar-refractivity contribution is 7.89. The quantitative estimate of drug-likeness (QED) is 0.600. The number of nitrogens with zero attached hydrogens (tertiary/aromatic N) is 3. The zero-order chi connectivity index (χ0) is 22.6. The predicted octanol–water partition coefficient (Wildman–Crippen LogP) is 1.33. The number of hydrogen-bond acceptors (Lipinski definition) is 7. The molecule has 0 N–H and O–H groups in total. The summed E-state index contributed by atoms with van der Waals surface area (Å²) in [6, 6.07) is 4.52. The molecule has 31 heavy (non-hydrogen) atoms. The fourth-order valence-corrected chi connectivity index (χ4v) is 4.73. The van der Waals surface area contributed by atoms with Gasteiger partial charge >= 0.3 is 5.97 Å². The molecule has 2 heterocycles. The first-order valence-electron chi connectivity index (χ1n) is 10.6. The number of morpholine rings is 1. The summed E-state index contributed by atoms with van der Waals surface area (Å²) in [5.74, 6) is -0.994. The Balaban J connectivity index is 1.81. The van der Waals surface area contributed by atoms with Crippen LogP contribution in [0.5, 0.6) is 0 Å². The Kier molecular flexibility index (Phi) is 7.55. The number of benzene rings is 1. The third-order valence-electron chi connectivity index (χ3n) is 5.58. The van der Waals surface area contributed by atoms with Gasteiger partial charge in [0.15, 0.2) is 6.61 Å². The van der Waals surface area contributed by atoms with Gasteiger partial charge in [-0.15, -0.1) is 0 Å². The summed E-state index contributed by atoms with van der Waals surface area (Å²) in [4.78, 5) is 29.1. The molecule has 0 spiro atoms. The minimum Gasteiger partial charge on any atom is -0.452 e. The van der Waals surface area contributed by atoms with Gasteiger partial charge in [-0.05, 0) is 44.4 Å². The third-order valence-corrected chi connectivity index (χ3v) is 7.39. The van der Waals surface area contributed by atoms with Crippen LogP contribution in [0.1, 0.15) is 36.5 Å². The lowest BCUT2D eigenvalue weighted by Gasteiger charge is -2.31. The second-order valence-electron chi connectivity index (χ2n) is 8.11. The Morgan fingerprint density at radius 1 is 1.16 bits per heavy atom.